The van der Waals surface area contributed by atoms with Crippen molar-refractivity contribution in [3.8, 4) is 0 Å². The molecule has 1 heterocycles. The zero-order valence-corrected chi connectivity index (χ0v) is 15.4. The van der Waals surface area contributed by atoms with Crippen LogP contribution in [0.4, 0.5) is 4.79 Å². The molecule has 3 rings (SSSR count). The maximum atomic E-state index is 12.8. The fraction of sp³-hybridized carbons (Fsp3) is 0.600. The molecule has 2 fully saturated rings. The minimum Gasteiger partial charge on any atom is -0.450 e. The third kappa shape index (κ3) is 3.80. The highest BCUT2D eigenvalue weighted by Gasteiger charge is 2.46. The van der Waals surface area contributed by atoms with E-state index in [-0.39, 0.29) is 24.0 Å². The van der Waals surface area contributed by atoms with Gasteiger partial charge in [0.25, 0.3) is 0 Å². The summed E-state index contributed by atoms with van der Waals surface area (Å²) in [6.45, 7) is 5.77. The number of carbonyl (C=O) groups excluding carboxylic acids is 2. The van der Waals surface area contributed by atoms with E-state index < -0.39 is 0 Å². The summed E-state index contributed by atoms with van der Waals surface area (Å²) in [4.78, 5) is 28.3. The van der Waals surface area contributed by atoms with E-state index in [0.717, 1.165) is 32.4 Å². The molecule has 1 saturated carbocycles. The van der Waals surface area contributed by atoms with Crippen molar-refractivity contribution in [1.29, 1.82) is 0 Å². The number of rotatable bonds is 4. The molecule has 0 aromatic heterocycles. The van der Waals surface area contributed by atoms with Crippen molar-refractivity contribution in [1.82, 2.24) is 9.80 Å². The second-order valence-corrected chi connectivity index (χ2v) is 7.17. The number of likely N-dealkylation sites (tertiary alicyclic amines) is 1. The molecular formula is C20H28N2O3. The van der Waals surface area contributed by atoms with Gasteiger partial charge in [0.05, 0.1) is 6.61 Å². The average Bonchev–Trinajstić information content (AvgIpc) is 3.42. The summed E-state index contributed by atoms with van der Waals surface area (Å²) in [7, 11) is 1.79. The molecule has 0 spiro atoms. The van der Waals surface area contributed by atoms with E-state index in [9.17, 15) is 9.59 Å². The Morgan fingerprint density at radius 2 is 1.92 bits per heavy atom. The number of benzene rings is 1. The van der Waals surface area contributed by atoms with Gasteiger partial charge in [0, 0.05) is 32.1 Å². The van der Waals surface area contributed by atoms with E-state index >= 15 is 0 Å². The van der Waals surface area contributed by atoms with Crippen molar-refractivity contribution in [2.45, 2.75) is 45.1 Å². The predicted octanol–water partition coefficient (Wildman–Crippen LogP) is 3.18. The van der Waals surface area contributed by atoms with Crippen molar-refractivity contribution in [2.75, 3.05) is 26.7 Å². The number of nitrogens with zero attached hydrogens (tertiary/aromatic N) is 2. The largest absolute Gasteiger partial charge is 0.450 e. The molecule has 5 nitrogen and oxygen atoms in total. The number of hydrogen-bond acceptors (Lipinski definition) is 3. The van der Waals surface area contributed by atoms with Gasteiger partial charge in [0.1, 0.15) is 0 Å². The van der Waals surface area contributed by atoms with Crippen molar-refractivity contribution < 1.29 is 14.3 Å². The van der Waals surface area contributed by atoms with Gasteiger partial charge in [-0.3, -0.25) is 4.79 Å². The van der Waals surface area contributed by atoms with Crippen LogP contribution in [-0.4, -0.2) is 54.6 Å². The first-order chi connectivity index (χ1) is 12.0. The van der Waals surface area contributed by atoms with Crippen molar-refractivity contribution in [3.63, 3.8) is 0 Å². The third-order valence-electron chi connectivity index (χ3n) is 5.58. The second-order valence-electron chi connectivity index (χ2n) is 7.17. The number of piperidine rings is 1. The van der Waals surface area contributed by atoms with Gasteiger partial charge >= 0.3 is 6.09 Å². The highest BCUT2D eigenvalue weighted by atomic mass is 16.6. The summed E-state index contributed by atoms with van der Waals surface area (Å²) >= 11 is 0. The molecule has 25 heavy (non-hydrogen) atoms. The SMILES string of the molecule is CCOC(=O)N(C)C1CCN(C(=O)[C@H]2C[C@H]2c2ccccc2C)CC1. The maximum Gasteiger partial charge on any atom is 0.409 e. The first kappa shape index (κ1) is 17.8. The Kier molecular flexibility index (Phi) is 5.30. The summed E-state index contributed by atoms with van der Waals surface area (Å²) in [5, 5.41) is 0. The van der Waals surface area contributed by atoms with Crippen LogP contribution in [0.15, 0.2) is 24.3 Å². The van der Waals surface area contributed by atoms with Crippen LogP contribution in [0.25, 0.3) is 0 Å². The number of aryl methyl sites for hydroxylation is 1. The summed E-state index contributed by atoms with van der Waals surface area (Å²) in [5.74, 6) is 0.805. The Balaban J connectivity index is 1.51. The summed E-state index contributed by atoms with van der Waals surface area (Å²) < 4.78 is 5.06. The van der Waals surface area contributed by atoms with Gasteiger partial charge in [-0.2, -0.15) is 0 Å². The van der Waals surface area contributed by atoms with Gasteiger partial charge < -0.3 is 14.5 Å². The molecule has 0 radical (unpaired) electrons. The molecule has 2 amide bonds. The van der Waals surface area contributed by atoms with Crippen LogP contribution < -0.4 is 0 Å². The van der Waals surface area contributed by atoms with Crippen molar-refractivity contribution in [2.24, 2.45) is 5.92 Å². The van der Waals surface area contributed by atoms with Crippen LogP contribution >= 0.6 is 0 Å². The van der Waals surface area contributed by atoms with E-state index in [0.29, 0.717) is 12.5 Å². The fourth-order valence-electron chi connectivity index (χ4n) is 3.90. The van der Waals surface area contributed by atoms with Gasteiger partial charge in [-0.15, -0.1) is 0 Å². The number of ether oxygens (including phenoxy) is 1. The summed E-state index contributed by atoms with van der Waals surface area (Å²) in [5.41, 5.74) is 2.59. The van der Waals surface area contributed by atoms with E-state index in [2.05, 4.69) is 25.1 Å². The molecule has 1 aromatic rings. The Hall–Kier alpha value is -2.04. The van der Waals surface area contributed by atoms with Gasteiger partial charge in [0.2, 0.25) is 5.91 Å². The molecule has 1 aliphatic carbocycles. The lowest BCUT2D eigenvalue weighted by Gasteiger charge is -2.36. The molecule has 1 aliphatic heterocycles. The normalized spacial score (nSPS) is 23.2. The smallest absolute Gasteiger partial charge is 0.409 e. The average molecular weight is 344 g/mol. The highest BCUT2D eigenvalue weighted by molar-refractivity contribution is 5.83. The number of amides is 2. The van der Waals surface area contributed by atoms with Gasteiger partial charge in [-0.05, 0) is 50.2 Å². The van der Waals surface area contributed by atoms with Gasteiger partial charge in [0.15, 0.2) is 0 Å². The second kappa shape index (κ2) is 7.46. The van der Waals surface area contributed by atoms with Crippen molar-refractivity contribution in [3.05, 3.63) is 35.4 Å². The maximum absolute atomic E-state index is 12.8. The lowest BCUT2D eigenvalue weighted by Crippen LogP contribution is -2.47. The molecule has 2 aliphatic rings. The molecule has 1 aromatic carbocycles. The number of hydrogen-bond donors (Lipinski definition) is 0. The number of carbonyl (C=O) groups is 2. The Bertz CT molecular complexity index is 638. The first-order valence-corrected chi connectivity index (χ1v) is 9.26. The molecular weight excluding hydrogens is 316 g/mol. The van der Waals surface area contributed by atoms with Gasteiger partial charge in [-0.1, -0.05) is 24.3 Å². The lowest BCUT2D eigenvalue weighted by molar-refractivity contribution is -0.134. The van der Waals surface area contributed by atoms with Crippen LogP contribution in [0.1, 0.15) is 43.2 Å². The topological polar surface area (TPSA) is 49.9 Å². The van der Waals surface area contributed by atoms with E-state index in [1.165, 1.54) is 11.1 Å². The third-order valence-corrected chi connectivity index (χ3v) is 5.58. The van der Waals surface area contributed by atoms with E-state index in [4.69, 9.17) is 4.74 Å². The molecule has 2 atom stereocenters. The molecule has 136 valence electrons. The standard InChI is InChI=1S/C20H28N2O3/c1-4-25-20(24)21(3)15-9-11-22(12-10-15)19(23)18-13-17(18)16-8-6-5-7-14(16)2/h5-8,15,17-18H,4,9-13H2,1-3H3/t17-,18-/m0/s1. The van der Waals surface area contributed by atoms with E-state index in [1.54, 1.807) is 11.9 Å². The van der Waals surface area contributed by atoms with Gasteiger partial charge in [-0.25, -0.2) is 4.79 Å². The molecule has 1 saturated heterocycles. The van der Waals surface area contributed by atoms with E-state index in [1.807, 2.05) is 17.9 Å². The summed E-state index contributed by atoms with van der Waals surface area (Å²) in [6.07, 6.45) is 2.34. The Morgan fingerprint density at radius 1 is 1.24 bits per heavy atom. The zero-order valence-electron chi connectivity index (χ0n) is 15.4. The quantitative estimate of drug-likeness (QED) is 0.843. The Morgan fingerprint density at radius 3 is 2.56 bits per heavy atom. The predicted molar refractivity (Wildman–Crippen MR) is 96.4 cm³/mol. The zero-order chi connectivity index (χ0) is 18.0. The van der Waals surface area contributed by atoms with Crippen LogP contribution in [0.3, 0.4) is 0 Å². The highest BCUT2D eigenvalue weighted by Crippen LogP contribution is 2.49. The summed E-state index contributed by atoms with van der Waals surface area (Å²) in [6, 6.07) is 8.52. The molecule has 5 heteroatoms. The van der Waals surface area contributed by atoms with Crippen LogP contribution in [-0.2, 0) is 9.53 Å². The monoisotopic (exact) mass is 344 g/mol. The lowest BCUT2D eigenvalue weighted by atomic mass is 10.0. The fourth-order valence-corrected chi connectivity index (χ4v) is 3.90. The minimum absolute atomic E-state index is 0.139. The molecule has 0 unspecified atom stereocenters. The van der Waals surface area contributed by atoms with Crippen molar-refractivity contribution >= 4 is 12.0 Å². The minimum atomic E-state index is -0.269. The van der Waals surface area contributed by atoms with Crippen LogP contribution in [0.5, 0.6) is 0 Å². The van der Waals surface area contributed by atoms with Crippen LogP contribution in [0, 0.1) is 12.8 Å². The van der Waals surface area contributed by atoms with Crippen LogP contribution in [0.2, 0.25) is 0 Å². The first-order valence-electron chi connectivity index (χ1n) is 9.26. The Labute approximate surface area is 149 Å². The molecule has 0 bridgehead atoms. The molecule has 0 N–H and O–H groups in total.